The van der Waals surface area contributed by atoms with Crippen LogP contribution in [0.25, 0.3) is 0 Å². The lowest BCUT2D eigenvalue weighted by molar-refractivity contribution is -0.148. The molecule has 0 atom stereocenters. The van der Waals surface area contributed by atoms with Gasteiger partial charge in [-0.2, -0.15) is 0 Å². The third-order valence-corrected chi connectivity index (χ3v) is 5.66. The monoisotopic (exact) mass is 382 g/mol. The first kappa shape index (κ1) is 15.5. The molecule has 0 bridgehead atoms. The smallest absolute Gasteiger partial charge is 0.260 e. The number of hydrogen-bond donors (Lipinski definition) is 0. The first-order chi connectivity index (χ1) is 8.92. The minimum Gasteiger partial charge on any atom is -0.340 e. The van der Waals surface area contributed by atoms with Gasteiger partial charge in [0, 0.05) is 49.0 Å². The van der Waals surface area contributed by atoms with Crippen molar-refractivity contribution in [2.24, 2.45) is 0 Å². The van der Waals surface area contributed by atoms with E-state index in [2.05, 4.69) is 41.3 Å². The highest BCUT2D eigenvalue weighted by Crippen LogP contribution is 2.31. The Balaban J connectivity index is 1.92. The minimum absolute atomic E-state index is 0.251. The van der Waals surface area contributed by atoms with E-state index in [0.717, 1.165) is 25.9 Å². The number of halogens is 2. The highest BCUT2D eigenvalue weighted by atomic mass is 127. The van der Waals surface area contributed by atoms with Crippen molar-refractivity contribution in [3.63, 3.8) is 0 Å². The van der Waals surface area contributed by atoms with E-state index >= 15 is 0 Å². The summed E-state index contributed by atoms with van der Waals surface area (Å²) in [6.07, 6.45) is 2.71. The molecule has 0 saturated carbocycles. The van der Waals surface area contributed by atoms with Crippen LogP contribution >= 0.6 is 22.6 Å². The molecule has 0 spiro atoms. The van der Waals surface area contributed by atoms with Gasteiger partial charge in [0.05, 0.1) is 0 Å². The Kier molecular flexibility index (Phi) is 5.09. The molecule has 1 amide bonds. The number of carbonyl (C=O) groups excluding carboxylic acids is 1. The van der Waals surface area contributed by atoms with E-state index in [1.54, 1.807) is 4.90 Å². The van der Waals surface area contributed by atoms with Crippen LogP contribution in [0.5, 0.6) is 0 Å². The highest BCUT2D eigenvalue weighted by molar-refractivity contribution is 14.1. The minimum atomic E-state index is -1.61. The van der Waals surface area contributed by atoms with E-state index in [9.17, 15) is 9.18 Å². The second-order valence-corrected chi connectivity index (χ2v) is 7.82. The average Bonchev–Trinajstić information content (AvgIpc) is 2.39. The van der Waals surface area contributed by atoms with Crippen molar-refractivity contribution in [2.75, 3.05) is 26.2 Å². The van der Waals surface area contributed by atoms with Crippen molar-refractivity contribution in [2.45, 2.75) is 55.2 Å². The zero-order valence-electron chi connectivity index (χ0n) is 11.9. The van der Waals surface area contributed by atoms with Crippen LogP contribution in [0.1, 0.15) is 39.5 Å². The lowest BCUT2D eigenvalue weighted by atomic mass is 9.90. The van der Waals surface area contributed by atoms with Gasteiger partial charge in [0.25, 0.3) is 5.91 Å². The van der Waals surface area contributed by atoms with Gasteiger partial charge in [0.2, 0.25) is 0 Å². The molecule has 2 aliphatic heterocycles. The molecule has 19 heavy (non-hydrogen) atoms. The molecule has 2 fully saturated rings. The molecule has 0 unspecified atom stereocenters. The Morgan fingerprint density at radius 1 is 1.21 bits per heavy atom. The summed E-state index contributed by atoms with van der Waals surface area (Å²) in [6, 6.07) is 0.439. The summed E-state index contributed by atoms with van der Waals surface area (Å²) in [7, 11) is 0. The van der Waals surface area contributed by atoms with Gasteiger partial charge in [-0.3, -0.25) is 4.79 Å². The molecule has 2 saturated heterocycles. The zero-order valence-corrected chi connectivity index (χ0v) is 14.0. The Morgan fingerprint density at radius 3 is 2.21 bits per heavy atom. The van der Waals surface area contributed by atoms with Crippen molar-refractivity contribution in [1.29, 1.82) is 0 Å². The predicted molar refractivity (Wildman–Crippen MR) is 83.4 cm³/mol. The third kappa shape index (κ3) is 3.60. The van der Waals surface area contributed by atoms with Gasteiger partial charge in [0.1, 0.15) is 0 Å². The molecule has 0 radical (unpaired) electrons. The number of amides is 1. The van der Waals surface area contributed by atoms with E-state index in [1.807, 2.05) is 0 Å². The topological polar surface area (TPSA) is 23.6 Å². The Bertz CT molecular complexity index is 321. The van der Waals surface area contributed by atoms with E-state index < -0.39 is 5.67 Å². The predicted octanol–water partition coefficient (Wildman–Crippen LogP) is 2.62. The molecular weight excluding hydrogens is 358 g/mol. The van der Waals surface area contributed by atoms with Gasteiger partial charge >= 0.3 is 0 Å². The summed E-state index contributed by atoms with van der Waals surface area (Å²) in [5, 5.41) is 0. The third-order valence-electron chi connectivity index (χ3n) is 4.42. The average molecular weight is 382 g/mol. The number of rotatable bonds is 2. The van der Waals surface area contributed by atoms with E-state index in [0.29, 0.717) is 35.9 Å². The molecule has 110 valence electrons. The first-order valence-corrected chi connectivity index (χ1v) is 8.53. The molecule has 0 aromatic heterocycles. The van der Waals surface area contributed by atoms with E-state index in [-0.39, 0.29) is 5.91 Å². The molecule has 3 nitrogen and oxygen atoms in total. The lowest BCUT2D eigenvalue weighted by Crippen LogP contribution is -2.54. The van der Waals surface area contributed by atoms with Crippen molar-refractivity contribution in [3.8, 4) is 0 Å². The van der Waals surface area contributed by atoms with Crippen LogP contribution in [0.15, 0.2) is 0 Å². The fourth-order valence-corrected chi connectivity index (χ4v) is 3.50. The maximum Gasteiger partial charge on any atom is 0.260 e. The molecule has 0 aromatic rings. The van der Waals surface area contributed by atoms with Crippen LogP contribution in [-0.2, 0) is 4.79 Å². The van der Waals surface area contributed by atoms with Crippen LogP contribution in [-0.4, -0.2) is 57.5 Å². The van der Waals surface area contributed by atoms with Crippen LogP contribution in [0, 0.1) is 0 Å². The second-order valence-electron chi connectivity index (χ2n) is 6.06. The Morgan fingerprint density at radius 2 is 1.74 bits per heavy atom. The zero-order chi connectivity index (χ0) is 14.0. The van der Waals surface area contributed by atoms with E-state index in [4.69, 9.17) is 0 Å². The van der Waals surface area contributed by atoms with Gasteiger partial charge in [0.15, 0.2) is 5.67 Å². The van der Waals surface area contributed by atoms with E-state index in [1.165, 1.54) is 0 Å². The molecule has 0 aromatic carbocycles. The molecule has 5 heteroatoms. The van der Waals surface area contributed by atoms with Crippen LogP contribution in [0.4, 0.5) is 4.39 Å². The summed E-state index contributed by atoms with van der Waals surface area (Å²) >= 11 is 2.42. The number of alkyl halides is 2. The van der Waals surface area contributed by atoms with Crippen LogP contribution in [0.3, 0.4) is 0 Å². The van der Waals surface area contributed by atoms with Crippen molar-refractivity contribution < 1.29 is 9.18 Å². The van der Waals surface area contributed by atoms with Crippen LogP contribution in [0.2, 0.25) is 0 Å². The number of hydrogen-bond acceptors (Lipinski definition) is 2. The SMILES string of the molecule is CC(C)N1CCC(F)(C(=O)N2CCC(I)CC2)CC1. The molecular formula is C14H24FIN2O. The normalized spacial score (nSPS) is 25.8. The fraction of sp³-hybridized carbons (Fsp3) is 0.929. The lowest BCUT2D eigenvalue weighted by Gasteiger charge is -2.41. The first-order valence-electron chi connectivity index (χ1n) is 7.29. The largest absolute Gasteiger partial charge is 0.340 e. The number of nitrogens with zero attached hydrogens (tertiary/aromatic N) is 2. The summed E-state index contributed by atoms with van der Waals surface area (Å²) in [5.41, 5.74) is -1.61. The second kappa shape index (κ2) is 6.24. The van der Waals surface area contributed by atoms with Gasteiger partial charge in [-0.05, 0) is 26.7 Å². The van der Waals surface area contributed by atoms with Crippen LogP contribution < -0.4 is 0 Å². The Labute approximate surface area is 129 Å². The van der Waals surface area contributed by atoms with Gasteiger partial charge < -0.3 is 9.80 Å². The quantitative estimate of drug-likeness (QED) is 0.542. The summed E-state index contributed by atoms with van der Waals surface area (Å²) in [5.74, 6) is -0.251. The maximum atomic E-state index is 14.9. The Hall–Kier alpha value is 0.0900. The summed E-state index contributed by atoms with van der Waals surface area (Å²) < 4.78 is 15.5. The molecule has 2 heterocycles. The van der Waals surface area contributed by atoms with Gasteiger partial charge in [-0.1, -0.05) is 22.6 Å². The number of carbonyl (C=O) groups is 1. The molecule has 0 aliphatic carbocycles. The fourth-order valence-electron chi connectivity index (χ4n) is 2.94. The van der Waals surface area contributed by atoms with Crippen molar-refractivity contribution >= 4 is 28.5 Å². The molecule has 2 aliphatic rings. The summed E-state index contributed by atoms with van der Waals surface area (Å²) in [6.45, 7) is 7.10. The van der Waals surface area contributed by atoms with Gasteiger partial charge in [-0.25, -0.2) is 4.39 Å². The molecule has 0 N–H and O–H groups in total. The highest BCUT2D eigenvalue weighted by Gasteiger charge is 2.44. The number of piperidine rings is 2. The standard InChI is InChI=1S/C14H24FIN2O/c1-11(2)17-9-5-14(15,6-10-17)13(19)18-7-3-12(16)4-8-18/h11-12H,3-10H2,1-2H3. The van der Waals surface area contributed by atoms with Crippen molar-refractivity contribution in [3.05, 3.63) is 0 Å². The number of likely N-dealkylation sites (tertiary alicyclic amines) is 2. The maximum absolute atomic E-state index is 14.9. The van der Waals surface area contributed by atoms with Crippen molar-refractivity contribution in [1.82, 2.24) is 9.80 Å². The molecule has 2 rings (SSSR count). The van der Waals surface area contributed by atoms with Gasteiger partial charge in [-0.15, -0.1) is 0 Å². The summed E-state index contributed by atoms with van der Waals surface area (Å²) in [4.78, 5) is 16.4.